The third-order valence-corrected chi connectivity index (χ3v) is 7.66. The van der Waals surface area contributed by atoms with Crippen molar-refractivity contribution in [3.05, 3.63) is 89.9 Å². The van der Waals surface area contributed by atoms with E-state index in [2.05, 4.69) is 5.32 Å². The Morgan fingerprint density at radius 1 is 0.857 bits per heavy atom. The molecule has 1 aromatic heterocycles. The zero-order chi connectivity index (χ0) is 25.0. The minimum absolute atomic E-state index is 0.0748. The molecule has 1 unspecified atom stereocenters. The molecule has 1 saturated heterocycles. The summed E-state index contributed by atoms with van der Waals surface area (Å²) in [6, 6.07) is 17.3. The van der Waals surface area contributed by atoms with E-state index in [0.717, 1.165) is 5.56 Å². The van der Waals surface area contributed by atoms with Crippen molar-refractivity contribution < 1.29 is 27.2 Å². The van der Waals surface area contributed by atoms with Crippen molar-refractivity contribution in [2.45, 2.75) is 17.2 Å². The number of sulfone groups is 1. The van der Waals surface area contributed by atoms with Gasteiger partial charge >= 0.3 is 0 Å². The Kier molecular flexibility index (Phi) is 7.02. The SMILES string of the molecule is Cc1ccc(C(=O)NC(C(=O)N2CCN(C(=O)c3ccco3)CC2)S(=O)(=O)c2ccccc2)cc1. The zero-order valence-electron chi connectivity index (χ0n) is 19.1. The maximum atomic E-state index is 13.5. The predicted octanol–water partition coefficient (Wildman–Crippen LogP) is 2.10. The summed E-state index contributed by atoms with van der Waals surface area (Å²) >= 11 is 0. The van der Waals surface area contributed by atoms with E-state index in [4.69, 9.17) is 4.42 Å². The van der Waals surface area contributed by atoms with E-state index in [0.29, 0.717) is 0 Å². The number of furan rings is 1. The first-order valence-electron chi connectivity index (χ1n) is 11.1. The molecule has 1 fully saturated rings. The molecule has 1 aliphatic rings. The molecule has 0 saturated carbocycles. The number of amides is 3. The largest absolute Gasteiger partial charge is 0.459 e. The van der Waals surface area contributed by atoms with Gasteiger partial charge in [-0.15, -0.1) is 0 Å². The molecule has 0 spiro atoms. The van der Waals surface area contributed by atoms with E-state index < -0.39 is 27.0 Å². The van der Waals surface area contributed by atoms with Gasteiger partial charge < -0.3 is 19.5 Å². The second-order valence-corrected chi connectivity index (χ2v) is 10.2. The maximum Gasteiger partial charge on any atom is 0.289 e. The molecule has 0 aliphatic carbocycles. The Morgan fingerprint density at radius 2 is 1.49 bits per heavy atom. The second-order valence-electron chi connectivity index (χ2n) is 8.17. The van der Waals surface area contributed by atoms with E-state index in [1.54, 1.807) is 54.6 Å². The van der Waals surface area contributed by atoms with Gasteiger partial charge in [0.25, 0.3) is 17.7 Å². The summed E-state index contributed by atoms with van der Waals surface area (Å²) in [6.45, 7) is 2.51. The molecule has 1 atom stereocenters. The summed E-state index contributed by atoms with van der Waals surface area (Å²) in [6.07, 6.45) is 1.41. The third kappa shape index (κ3) is 5.27. The Hall–Kier alpha value is -3.92. The van der Waals surface area contributed by atoms with Gasteiger partial charge in [-0.2, -0.15) is 0 Å². The lowest BCUT2D eigenvalue weighted by molar-refractivity contribution is -0.132. The monoisotopic (exact) mass is 495 g/mol. The summed E-state index contributed by atoms with van der Waals surface area (Å²) in [7, 11) is -4.24. The molecule has 2 heterocycles. The molecular weight excluding hydrogens is 470 g/mol. The lowest BCUT2D eigenvalue weighted by atomic mass is 10.1. The van der Waals surface area contributed by atoms with Crippen molar-refractivity contribution in [2.24, 2.45) is 0 Å². The van der Waals surface area contributed by atoms with Gasteiger partial charge in [0, 0.05) is 31.7 Å². The van der Waals surface area contributed by atoms with E-state index in [1.165, 1.54) is 28.2 Å². The van der Waals surface area contributed by atoms with Crippen LogP contribution in [0.4, 0.5) is 0 Å². The first kappa shape index (κ1) is 24.2. The Labute approximate surface area is 203 Å². The number of hydrogen-bond donors (Lipinski definition) is 1. The fraction of sp³-hybridized carbons (Fsp3) is 0.240. The summed E-state index contributed by atoms with van der Waals surface area (Å²) in [5.41, 5.74) is 1.18. The molecule has 3 amide bonds. The molecule has 3 aromatic rings. The fourth-order valence-corrected chi connectivity index (χ4v) is 5.26. The summed E-state index contributed by atoms with van der Waals surface area (Å²) in [5.74, 6) is -1.53. The summed E-state index contributed by atoms with van der Waals surface area (Å²) in [4.78, 5) is 41.7. The van der Waals surface area contributed by atoms with E-state index in [9.17, 15) is 22.8 Å². The van der Waals surface area contributed by atoms with Crippen molar-refractivity contribution in [3.8, 4) is 0 Å². The number of carbonyl (C=O) groups is 3. The van der Waals surface area contributed by atoms with Crippen LogP contribution in [0, 0.1) is 6.92 Å². The Balaban J connectivity index is 1.55. The van der Waals surface area contributed by atoms with Crippen LogP contribution in [0.2, 0.25) is 0 Å². The number of nitrogens with zero attached hydrogens (tertiary/aromatic N) is 2. The van der Waals surface area contributed by atoms with Crippen molar-refractivity contribution in [1.29, 1.82) is 0 Å². The first-order valence-corrected chi connectivity index (χ1v) is 12.6. The van der Waals surface area contributed by atoms with Crippen LogP contribution < -0.4 is 5.32 Å². The topological polar surface area (TPSA) is 117 Å². The molecule has 0 bridgehead atoms. The van der Waals surface area contributed by atoms with Gasteiger partial charge in [-0.3, -0.25) is 14.4 Å². The number of piperazine rings is 1. The molecule has 1 N–H and O–H groups in total. The van der Waals surface area contributed by atoms with E-state index >= 15 is 0 Å². The normalized spacial score (nSPS) is 14.9. The average Bonchev–Trinajstić information content (AvgIpc) is 3.42. The van der Waals surface area contributed by atoms with Crippen molar-refractivity contribution in [2.75, 3.05) is 26.2 Å². The predicted molar refractivity (Wildman–Crippen MR) is 127 cm³/mol. The maximum absolute atomic E-state index is 13.5. The average molecular weight is 496 g/mol. The number of benzene rings is 2. The van der Waals surface area contributed by atoms with Crippen molar-refractivity contribution in [1.82, 2.24) is 15.1 Å². The van der Waals surface area contributed by atoms with Crippen LogP contribution in [0.25, 0.3) is 0 Å². The zero-order valence-corrected chi connectivity index (χ0v) is 19.9. The van der Waals surface area contributed by atoms with Crippen LogP contribution in [0.5, 0.6) is 0 Å². The smallest absolute Gasteiger partial charge is 0.289 e. The first-order chi connectivity index (χ1) is 16.8. The highest BCUT2D eigenvalue weighted by Crippen LogP contribution is 2.19. The highest BCUT2D eigenvalue weighted by molar-refractivity contribution is 7.92. The van der Waals surface area contributed by atoms with Crippen molar-refractivity contribution in [3.63, 3.8) is 0 Å². The van der Waals surface area contributed by atoms with Crippen LogP contribution in [-0.4, -0.2) is 67.5 Å². The number of aryl methyl sites for hydroxylation is 1. The highest BCUT2D eigenvalue weighted by Gasteiger charge is 2.39. The van der Waals surface area contributed by atoms with Crippen LogP contribution in [0.3, 0.4) is 0 Å². The Morgan fingerprint density at radius 3 is 2.09 bits per heavy atom. The summed E-state index contributed by atoms with van der Waals surface area (Å²) in [5, 5.41) is 0.617. The minimum Gasteiger partial charge on any atom is -0.459 e. The van der Waals surface area contributed by atoms with Crippen LogP contribution in [0.15, 0.2) is 82.3 Å². The molecule has 10 heteroatoms. The molecule has 35 heavy (non-hydrogen) atoms. The molecule has 4 rings (SSSR count). The van der Waals surface area contributed by atoms with Gasteiger partial charge in [0.05, 0.1) is 11.2 Å². The standard InChI is InChI=1S/C25H25N3O6S/c1-18-9-11-19(12-10-18)22(29)26-23(35(32,33)20-6-3-2-4-7-20)25(31)28-15-13-27(14-16-28)24(30)21-8-5-17-34-21/h2-12,17,23H,13-16H2,1H3,(H,26,29). The quantitative estimate of drug-likeness (QED) is 0.560. The lowest BCUT2D eigenvalue weighted by Crippen LogP contribution is -2.57. The van der Waals surface area contributed by atoms with Gasteiger partial charge in [0.1, 0.15) is 0 Å². The van der Waals surface area contributed by atoms with Gasteiger partial charge in [-0.05, 0) is 43.3 Å². The molecule has 1 aliphatic heterocycles. The second kappa shape index (κ2) is 10.1. The lowest BCUT2D eigenvalue weighted by Gasteiger charge is -2.36. The molecule has 182 valence electrons. The highest BCUT2D eigenvalue weighted by atomic mass is 32.2. The van der Waals surface area contributed by atoms with E-state index in [-0.39, 0.29) is 48.3 Å². The van der Waals surface area contributed by atoms with Crippen LogP contribution in [-0.2, 0) is 14.6 Å². The van der Waals surface area contributed by atoms with Crippen LogP contribution >= 0.6 is 0 Å². The van der Waals surface area contributed by atoms with E-state index in [1.807, 2.05) is 6.92 Å². The Bertz CT molecular complexity index is 1300. The van der Waals surface area contributed by atoms with Crippen molar-refractivity contribution >= 4 is 27.6 Å². The molecule has 9 nitrogen and oxygen atoms in total. The summed E-state index contributed by atoms with van der Waals surface area (Å²) < 4.78 is 32.0. The number of hydrogen-bond acceptors (Lipinski definition) is 6. The van der Waals surface area contributed by atoms with Crippen LogP contribution in [0.1, 0.15) is 26.5 Å². The van der Waals surface area contributed by atoms with Gasteiger partial charge in [0.2, 0.25) is 15.2 Å². The molecular formula is C25H25N3O6S. The minimum atomic E-state index is -4.24. The molecule has 0 radical (unpaired) electrons. The molecule has 2 aromatic carbocycles. The van der Waals surface area contributed by atoms with Gasteiger partial charge in [-0.1, -0.05) is 35.9 Å². The number of rotatable bonds is 6. The number of carbonyl (C=O) groups excluding carboxylic acids is 3. The third-order valence-electron chi connectivity index (χ3n) is 5.79. The van der Waals surface area contributed by atoms with Gasteiger partial charge in [-0.25, -0.2) is 8.42 Å². The number of nitrogens with one attached hydrogen (secondary N) is 1. The fourth-order valence-electron chi connectivity index (χ4n) is 3.78. The van der Waals surface area contributed by atoms with Gasteiger partial charge in [0.15, 0.2) is 5.76 Å².